The zero-order valence-electron chi connectivity index (χ0n) is 11.4. The number of benzene rings is 1. The summed E-state index contributed by atoms with van der Waals surface area (Å²) >= 11 is 0. The summed E-state index contributed by atoms with van der Waals surface area (Å²) in [4.78, 5) is 5.05. The highest BCUT2D eigenvalue weighted by Gasteiger charge is 2.31. The minimum atomic E-state index is 0.632. The molecule has 1 aliphatic heterocycles. The quantitative estimate of drug-likeness (QED) is 0.824. The molecule has 2 N–H and O–H groups in total. The molecule has 0 saturated heterocycles. The number of nitrogens with two attached hydrogens (primary N) is 1. The molecule has 3 rings (SSSR count). The Kier molecular flexibility index (Phi) is 3.04. The Balaban J connectivity index is 1.62. The predicted molar refractivity (Wildman–Crippen MR) is 75.2 cm³/mol. The van der Waals surface area contributed by atoms with E-state index in [1.807, 2.05) is 6.07 Å². The molecule has 1 saturated carbocycles. The summed E-state index contributed by atoms with van der Waals surface area (Å²) < 4.78 is 0. The van der Waals surface area contributed by atoms with Gasteiger partial charge in [-0.3, -0.25) is 9.80 Å². The first kappa shape index (κ1) is 12.0. The van der Waals surface area contributed by atoms with Gasteiger partial charge in [0, 0.05) is 37.4 Å². The van der Waals surface area contributed by atoms with Gasteiger partial charge in [0.2, 0.25) is 0 Å². The second-order valence-electron chi connectivity index (χ2n) is 5.90. The maximum atomic E-state index is 6.05. The van der Waals surface area contributed by atoms with Gasteiger partial charge in [0.1, 0.15) is 0 Å². The van der Waals surface area contributed by atoms with E-state index in [0.717, 1.165) is 31.4 Å². The van der Waals surface area contributed by atoms with E-state index in [1.54, 1.807) is 0 Å². The summed E-state index contributed by atoms with van der Waals surface area (Å²) in [5, 5.41) is 0. The van der Waals surface area contributed by atoms with Crippen molar-refractivity contribution in [3.8, 4) is 0 Å². The minimum Gasteiger partial charge on any atom is -0.398 e. The standard InChI is InChI=1S/C15H23N3/c1-11(17(2)13-6-7-13)8-18-9-12-4-3-5-15(16)14(12)10-18/h3-5,11,13H,6-10,16H2,1-2H3. The van der Waals surface area contributed by atoms with Crippen LogP contribution in [0.5, 0.6) is 0 Å². The smallest absolute Gasteiger partial charge is 0.0363 e. The van der Waals surface area contributed by atoms with E-state index in [2.05, 4.69) is 35.9 Å². The Morgan fingerprint density at radius 3 is 2.83 bits per heavy atom. The lowest BCUT2D eigenvalue weighted by atomic mass is 10.1. The molecular weight excluding hydrogens is 222 g/mol. The monoisotopic (exact) mass is 245 g/mol. The summed E-state index contributed by atoms with van der Waals surface area (Å²) in [5.41, 5.74) is 9.76. The van der Waals surface area contributed by atoms with Crippen molar-refractivity contribution in [2.45, 2.75) is 44.9 Å². The van der Waals surface area contributed by atoms with E-state index < -0.39 is 0 Å². The maximum Gasteiger partial charge on any atom is 0.0363 e. The zero-order valence-corrected chi connectivity index (χ0v) is 11.4. The Bertz CT molecular complexity index is 439. The van der Waals surface area contributed by atoms with E-state index in [-0.39, 0.29) is 0 Å². The van der Waals surface area contributed by atoms with Crippen LogP contribution in [0.1, 0.15) is 30.9 Å². The van der Waals surface area contributed by atoms with Gasteiger partial charge < -0.3 is 5.73 Å². The van der Waals surface area contributed by atoms with Crippen molar-refractivity contribution in [1.82, 2.24) is 9.80 Å². The molecule has 1 unspecified atom stereocenters. The van der Waals surface area contributed by atoms with Crippen LogP contribution in [0.15, 0.2) is 18.2 Å². The fourth-order valence-electron chi connectivity index (χ4n) is 2.99. The molecule has 1 fully saturated rings. The summed E-state index contributed by atoms with van der Waals surface area (Å²) in [7, 11) is 2.26. The van der Waals surface area contributed by atoms with Crippen LogP contribution in [-0.2, 0) is 13.1 Å². The third-order valence-electron chi connectivity index (χ3n) is 4.43. The van der Waals surface area contributed by atoms with Crippen molar-refractivity contribution in [3.63, 3.8) is 0 Å². The van der Waals surface area contributed by atoms with Crippen molar-refractivity contribution in [1.29, 1.82) is 0 Å². The van der Waals surface area contributed by atoms with Crippen LogP contribution in [0.3, 0.4) is 0 Å². The molecular formula is C15H23N3. The molecule has 1 aliphatic carbocycles. The summed E-state index contributed by atoms with van der Waals surface area (Å²) in [6.07, 6.45) is 2.77. The highest BCUT2D eigenvalue weighted by Crippen LogP contribution is 2.30. The first-order valence-electron chi connectivity index (χ1n) is 6.95. The number of hydrogen-bond donors (Lipinski definition) is 1. The zero-order chi connectivity index (χ0) is 12.7. The van der Waals surface area contributed by atoms with Gasteiger partial charge in [-0.2, -0.15) is 0 Å². The fourth-order valence-corrected chi connectivity index (χ4v) is 2.99. The summed E-state index contributed by atoms with van der Waals surface area (Å²) in [6.45, 7) is 5.56. The lowest BCUT2D eigenvalue weighted by molar-refractivity contribution is 0.167. The van der Waals surface area contributed by atoms with Gasteiger partial charge >= 0.3 is 0 Å². The topological polar surface area (TPSA) is 32.5 Å². The molecule has 0 spiro atoms. The SMILES string of the molecule is CC(CN1Cc2cccc(N)c2C1)N(C)C1CC1. The van der Waals surface area contributed by atoms with Crippen molar-refractivity contribution in [2.24, 2.45) is 0 Å². The number of fused-ring (bicyclic) bond motifs is 1. The Labute approximate surface area is 110 Å². The second-order valence-corrected chi connectivity index (χ2v) is 5.90. The molecule has 3 nitrogen and oxygen atoms in total. The highest BCUT2D eigenvalue weighted by molar-refractivity contribution is 5.52. The van der Waals surface area contributed by atoms with Gasteiger partial charge in [-0.05, 0) is 44.0 Å². The first-order chi connectivity index (χ1) is 8.65. The maximum absolute atomic E-state index is 6.05. The molecule has 1 aromatic carbocycles. The molecule has 2 aliphatic rings. The van der Waals surface area contributed by atoms with Gasteiger partial charge in [0.15, 0.2) is 0 Å². The summed E-state index contributed by atoms with van der Waals surface area (Å²) in [5.74, 6) is 0. The molecule has 98 valence electrons. The second kappa shape index (κ2) is 4.56. The average molecular weight is 245 g/mol. The number of likely N-dealkylation sites (N-methyl/N-ethyl adjacent to an activating group) is 1. The van der Waals surface area contributed by atoms with E-state index in [0.29, 0.717) is 6.04 Å². The summed E-state index contributed by atoms with van der Waals surface area (Å²) in [6, 6.07) is 7.77. The molecule has 18 heavy (non-hydrogen) atoms. The Morgan fingerprint density at radius 1 is 1.39 bits per heavy atom. The van der Waals surface area contributed by atoms with E-state index >= 15 is 0 Å². The van der Waals surface area contributed by atoms with Crippen LogP contribution in [0.25, 0.3) is 0 Å². The van der Waals surface area contributed by atoms with Crippen molar-refractivity contribution in [2.75, 3.05) is 19.3 Å². The number of nitrogen functional groups attached to an aromatic ring is 1. The number of hydrogen-bond acceptors (Lipinski definition) is 3. The van der Waals surface area contributed by atoms with Crippen LogP contribution >= 0.6 is 0 Å². The van der Waals surface area contributed by atoms with Crippen LogP contribution < -0.4 is 5.73 Å². The molecule has 0 amide bonds. The number of nitrogens with zero attached hydrogens (tertiary/aromatic N) is 2. The molecule has 1 aromatic rings. The molecule has 0 radical (unpaired) electrons. The lowest BCUT2D eigenvalue weighted by Gasteiger charge is -2.28. The van der Waals surface area contributed by atoms with Crippen molar-refractivity contribution in [3.05, 3.63) is 29.3 Å². The van der Waals surface area contributed by atoms with Crippen LogP contribution in [-0.4, -0.2) is 35.5 Å². The third kappa shape index (κ3) is 2.25. The van der Waals surface area contributed by atoms with Gasteiger partial charge in [0.25, 0.3) is 0 Å². The van der Waals surface area contributed by atoms with Gasteiger partial charge in [-0.25, -0.2) is 0 Å². The van der Waals surface area contributed by atoms with Gasteiger partial charge in [-0.15, -0.1) is 0 Å². The molecule has 1 heterocycles. The lowest BCUT2D eigenvalue weighted by Crippen LogP contribution is -2.39. The Hall–Kier alpha value is -1.06. The van der Waals surface area contributed by atoms with E-state index in [1.165, 1.54) is 24.0 Å². The van der Waals surface area contributed by atoms with Crippen LogP contribution in [0.4, 0.5) is 5.69 Å². The van der Waals surface area contributed by atoms with Crippen LogP contribution in [0, 0.1) is 0 Å². The van der Waals surface area contributed by atoms with Crippen LogP contribution in [0.2, 0.25) is 0 Å². The fraction of sp³-hybridized carbons (Fsp3) is 0.600. The minimum absolute atomic E-state index is 0.632. The van der Waals surface area contributed by atoms with Crippen molar-refractivity contribution >= 4 is 5.69 Å². The van der Waals surface area contributed by atoms with Gasteiger partial charge in [0.05, 0.1) is 0 Å². The highest BCUT2D eigenvalue weighted by atomic mass is 15.2. The predicted octanol–water partition coefficient (Wildman–Crippen LogP) is 2.07. The largest absolute Gasteiger partial charge is 0.398 e. The van der Waals surface area contributed by atoms with E-state index in [9.17, 15) is 0 Å². The molecule has 0 aromatic heterocycles. The van der Waals surface area contributed by atoms with Crippen molar-refractivity contribution < 1.29 is 0 Å². The normalized spacial score (nSPS) is 21.3. The average Bonchev–Trinajstić information content (AvgIpc) is 3.10. The molecule has 3 heteroatoms. The first-order valence-corrected chi connectivity index (χ1v) is 6.95. The number of rotatable bonds is 4. The van der Waals surface area contributed by atoms with Gasteiger partial charge in [-0.1, -0.05) is 12.1 Å². The molecule has 1 atom stereocenters. The molecule has 0 bridgehead atoms. The number of anilines is 1. The Morgan fingerprint density at radius 2 is 2.17 bits per heavy atom. The van der Waals surface area contributed by atoms with E-state index in [4.69, 9.17) is 5.73 Å². The third-order valence-corrected chi connectivity index (χ3v) is 4.43.